The summed E-state index contributed by atoms with van der Waals surface area (Å²) in [6.45, 7) is 6.21. The highest BCUT2D eigenvalue weighted by molar-refractivity contribution is 7.99. The smallest absolute Gasteiger partial charge is 0.318 e. The van der Waals surface area contributed by atoms with E-state index < -0.39 is 29.4 Å². The van der Waals surface area contributed by atoms with Crippen molar-refractivity contribution in [1.29, 1.82) is 5.26 Å². The molecule has 4 aliphatic heterocycles. The molecule has 2 aromatic rings. The number of nitrogens with zero attached hydrogens (tertiary/aromatic N) is 7. The van der Waals surface area contributed by atoms with Crippen LogP contribution >= 0.6 is 11.8 Å². The number of piperazine rings is 1. The Morgan fingerprint density at radius 2 is 1.95 bits per heavy atom. The molecule has 1 amide bonds. The molecule has 5 heterocycles. The van der Waals surface area contributed by atoms with Crippen LogP contribution in [0.5, 0.6) is 6.01 Å². The minimum atomic E-state index is -1.05. The Morgan fingerprint density at radius 1 is 1.11 bits per heavy atom. The van der Waals surface area contributed by atoms with Gasteiger partial charge in [-0.25, -0.2) is 13.2 Å². The van der Waals surface area contributed by atoms with Crippen LogP contribution in [0.3, 0.4) is 0 Å². The lowest BCUT2D eigenvalue weighted by Gasteiger charge is -2.42. The number of likely N-dealkylation sites (tertiary alicyclic amines) is 1. The van der Waals surface area contributed by atoms with Crippen LogP contribution in [0.15, 0.2) is 23.4 Å². The van der Waals surface area contributed by atoms with Crippen molar-refractivity contribution in [3.8, 4) is 12.1 Å². The molecular formula is C31H36F3N7O2S. The number of ether oxygens (including phenoxy) is 1. The fourth-order valence-electron chi connectivity index (χ4n) is 6.81. The van der Waals surface area contributed by atoms with Gasteiger partial charge in [-0.1, -0.05) is 6.58 Å². The lowest BCUT2D eigenvalue weighted by molar-refractivity contribution is -0.131. The third-order valence-electron chi connectivity index (χ3n) is 9.09. The average Bonchev–Trinajstić information content (AvgIpc) is 3.43. The molecule has 1 aromatic carbocycles. The number of anilines is 2. The summed E-state index contributed by atoms with van der Waals surface area (Å²) in [5, 5.41) is 9.47. The first-order chi connectivity index (χ1) is 21.2. The monoisotopic (exact) mass is 627 g/mol. The number of hydrogen-bond acceptors (Lipinski definition) is 9. The molecule has 0 saturated carbocycles. The maximum Gasteiger partial charge on any atom is 0.318 e. The van der Waals surface area contributed by atoms with Crippen molar-refractivity contribution in [3.05, 3.63) is 46.9 Å². The molecule has 0 N–H and O–H groups in total. The van der Waals surface area contributed by atoms with E-state index in [-0.39, 0.29) is 31.6 Å². The predicted molar refractivity (Wildman–Crippen MR) is 162 cm³/mol. The van der Waals surface area contributed by atoms with Crippen LogP contribution in [-0.4, -0.2) is 89.9 Å². The van der Waals surface area contributed by atoms with Gasteiger partial charge in [0.1, 0.15) is 24.1 Å². The maximum atomic E-state index is 15.4. The lowest BCUT2D eigenvalue weighted by Crippen LogP contribution is -2.55. The van der Waals surface area contributed by atoms with Gasteiger partial charge >= 0.3 is 6.01 Å². The van der Waals surface area contributed by atoms with Gasteiger partial charge in [0.05, 0.1) is 36.5 Å². The number of benzene rings is 1. The number of halogens is 3. The lowest BCUT2D eigenvalue weighted by atomic mass is 10.00. The summed E-state index contributed by atoms with van der Waals surface area (Å²) in [6.07, 6.45) is 4.12. The molecule has 0 aliphatic carbocycles. The van der Waals surface area contributed by atoms with Gasteiger partial charge in [0.15, 0.2) is 5.83 Å². The molecule has 2 atom stereocenters. The van der Waals surface area contributed by atoms with Gasteiger partial charge in [0.25, 0.3) is 5.91 Å². The largest absolute Gasteiger partial charge is 0.462 e. The number of carbonyl (C=O) groups excluding carboxylic acids is 1. The topological polar surface area (TPSA) is 88.8 Å². The van der Waals surface area contributed by atoms with Crippen molar-refractivity contribution in [3.63, 3.8) is 0 Å². The second-order valence-electron chi connectivity index (χ2n) is 11.8. The molecule has 1 aromatic heterocycles. The van der Waals surface area contributed by atoms with Gasteiger partial charge in [-0.05, 0) is 57.0 Å². The van der Waals surface area contributed by atoms with Crippen LogP contribution in [0.1, 0.15) is 42.5 Å². The fourth-order valence-corrected chi connectivity index (χ4v) is 7.87. The van der Waals surface area contributed by atoms with Crippen LogP contribution in [-0.2, 0) is 24.2 Å². The number of nitriles is 1. The molecule has 0 radical (unpaired) electrons. The molecule has 13 heteroatoms. The highest BCUT2D eigenvalue weighted by Gasteiger charge is 2.36. The van der Waals surface area contributed by atoms with Crippen molar-refractivity contribution in [1.82, 2.24) is 19.8 Å². The Hall–Kier alpha value is -3.50. The molecular weight excluding hydrogens is 591 g/mol. The van der Waals surface area contributed by atoms with E-state index in [9.17, 15) is 18.8 Å². The zero-order valence-electron chi connectivity index (χ0n) is 24.8. The predicted octanol–water partition coefficient (Wildman–Crippen LogP) is 4.24. The summed E-state index contributed by atoms with van der Waals surface area (Å²) < 4.78 is 50.1. The summed E-state index contributed by atoms with van der Waals surface area (Å²) in [6, 6.07) is 3.01. The van der Waals surface area contributed by atoms with Crippen LogP contribution in [0.4, 0.5) is 24.7 Å². The van der Waals surface area contributed by atoms with Crippen molar-refractivity contribution >= 4 is 29.2 Å². The van der Waals surface area contributed by atoms with Gasteiger partial charge in [0.2, 0.25) is 0 Å². The molecule has 2 fully saturated rings. The minimum absolute atomic E-state index is 0.0287. The van der Waals surface area contributed by atoms with Crippen molar-refractivity contribution in [2.24, 2.45) is 0 Å². The Morgan fingerprint density at radius 3 is 2.70 bits per heavy atom. The van der Waals surface area contributed by atoms with E-state index in [0.29, 0.717) is 66.7 Å². The van der Waals surface area contributed by atoms with Crippen LogP contribution in [0.2, 0.25) is 0 Å². The summed E-state index contributed by atoms with van der Waals surface area (Å²) in [5.41, 5.74) is 2.74. The van der Waals surface area contributed by atoms with Crippen LogP contribution in [0, 0.1) is 23.0 Å². The standard InChI is InChI=1S/C31H36F3N7O2S/c1-19(32)30(42)41-13-12-40(16-20(41)7-9-35)29-22-8-11-39(27-23-6-4-14-44-28(23)25(34)15-24(27)33)17-26(22)36-31(37-29)43-18-21-5-3-10-38(21)2/h15,20-21H,1,3-8,10-14,16-18H2,2H3/t20-,21-/m0/s1. The second kappa shape index (κ2) is 12.9. The number of aromatic nitrogens is 2. The van der Waals surface area contributed by atoms with E-state index in [1.54, 1.807) is 0 Å². The summed E-state index contributed by atoms with van der Waals surface area (Å²) in [5.74, 6) is -1.50. The van der Waals surface area contributed by atoms with E-state index in [2.05, 4.69) is 24.6 Å². The number of thioether (sulfide) groups is 1. The molecule has 0 bridgehead atoms. The molecule has 4 aliphatic rings. The molecule has 2 saturated heterocycles. The van der Waals surface area contributed by atoms with E-state index >= 15 is 4.39 Å². The zero-order valence-corrected chi connectivity index (χ0v) is 25.6. The quantitative estimate of drug-likeness (QED) is 0.419. The average molecular weight is 628 g/mol. The number of rotatable bonds is 7. The molecule has 0 unspecified atom stereocenters. The molecule has 0 spiro atoms. The van der Waals surface area contributed by atoms with E-state index in [0.717, 1.165) is 43.2 Å². The summed E-state index contributed by atoms with van der Waals surface area (Å²) >= 11 is 1.43. The van der Waals surface area contributed by atoms with E-state index in [1.165, 1.54) is 16.7 Å². The van der Waals surface area contributed by atoms with Gasteiger partial charge < -0.3 is 24.3 Å². The number of likely N-dealkylation sites (N-methyl/N-ethyl adjacent to an activating group) is 1. The third-order valence-corrected chi connectivity index (χ3v) is 10.3. The first-order valence-electron chi connectivity index (χ1n) is 15.1. The van der Waals surface area contributed by atoms with Crippen molar-refractivity contribution in [2.45, 2.75) is 62.0 Å². The maximum absolute atomic E-state index is 15.4. The Kier molecular flexibility index (Phi) is 8.91. The van der Waals surface area contributed by atoms with Crippen molar-refractivity contribution in [2.75, 3.05) is 61.9 Å². The number of carbonyl (C=O) groups is 1. The van der Waals surface area contributed by atoms with E-state index in [4.69, 9.17) is 14.7 Å². The highest BCUT2D eigenvalue weighted by atomic mass is 32.2. The first kappa shape index (κ1) is 30.5. The number of hydrogen-bond donors (Lipinski definition) is 0. The summed E-state index contributed by atoms with van der Waals surface area (Å²) in [4.78, 5) is 30.2. The molecule has 44 heavy (non-hydrogen) atoms. The SMILES string of the molecule is C=C(F)C(=O)N1CCN(c2nc(OC[C@@H]3CCCN3C)nc3c2CCN(c2c(F)cc(F)c4c2CCCS4)C3)C[C@@H]1CC#N. The number of amides is 1. The highest BCUT2D eigenvalue weighted by Crippen LogP contribution is 2.42. The fraction of sp³-hybridized carbons (Fsp3) is 0.548. The zero-order chi connectivity index (χ0) is 31.0. The van der Waals surface area contributed by atoms with Gasteiger partial charge in [-0.2, -0.15) is 15.2 Å². The first-order valence-corrected chi connectivity index (χ1v) is 16.1. The van der Waals surface area contributed by atoms with Gasteiger partial charge in [-0.3, -0.25) is 4.79 Å². The van der Waals surface area contributed by atoms with Crippen LogP contribution < -0.4 is 14.5 Å². The van der Waals surface area contributed by atoms with Crippen molar-refractivity contribution < 1.29 is 22.7 Å². The van der Waals surface area contributed by atoms with Gasteiger partial charge in [-0.15, -0.1) is 11.8 Å². The number of fused-ring (bicyclic) bond motifs is 2. The Bertz CT molecular complexity index is 1500. The van der Waals surface area contributed by atoms with Gasteiger partial charge in [0, 0.05) is 48.7 Å². The minimum Gasteiger partial charge on any atom is -0.462 e. The molecule has 6 rings (SSSR count). The normalized spacial score (nSPS) is 21.9. The Balaban J connectivity index is 1.33. The Labute approximate surface area is 259 Å². The third kappa shape index (κ3) is 5.94. The molecule has 9 nitrogen and oxygen atoms in total. The van der Waals surface area contributed by atoms with E-state index in [1.807, 2.05) is 9.80 Å². The second-order valence-corrected chi connectivity index (χ2v) is 12.9. The van der Waals surface area contributed by atoms with Crippen LogP contribution in [0.25, 0.3) is 0 Å². The summed E-state index contributed by atoms with van der Waals surface area (Å²) in [7, 11) is 2.07. The molecule has 234 valence electrons.